The zero-order valence-corrected chi connectivity index (χ0v) is 14.4. The van der Waals surface area contributed by atoms with Gasteiger partial charge in [-0.3, -0.25) is 9.59 Å². The van der Waals surface area contributed by atoms with E-state index in [0.29, 0.717) is 25.1 Å². The minimum Gasteiger partial charge on any atom is -0.466 e. The average molecular weight is 419 g/mol. The van der Waals surface area contributed by atoms with E-state index >= 15 is 0 Å². The van der Waals surface area contributed by atoms with Crippen LogP contribution in [0.1, 0.15) is 30.1 Å². The second kappa shape index (κ2) is 10.1. The molecular formula is C15H18INO5. The van der Waals surface area contributed by atoms with Gasteiger partial charge >= 0.3 is 11.9 Å². The Morgan fingerprint density at radius 2 is 1.82 bits per heavy atom. The summed E-state index contributed by atoms with van der Waals surface area (Å²) in [6.45, 7) is 2.07. The van der Waals surface area contributed by atoms with Gasteiger partial charge in [0.25, 0.3) is 5.91 Å². The third kappa shape index (κ3) is 7.39. The zero-order valence-electron chi connectivity index (χ0n) is 12.3. The Labute approximate surface area is 142 Å². The predicted molar refractivity (Wildman–Crippen MR) is 88.3 cm³/mol. The van der Waals surface area contributed by atoms with Crippen molar-refractivity contribution in [3.05, 3.63) is 33.4 Å². The fourth-order valence-corrected chi connectivity index (χ4v) is 1.90. The van der Waals surface area contributed by atoms with Crippen molar-refractivity contribution in [1.82, 2.24) is 5.32 Å². The van der Waals surface area contributed by atoms with E-state index in [4.69, 9.17) is 9.47 Å². The third-order valence-corrected chi connectivity index (χ3v) is 3.32. The van der Waals surface area contributed by atoms with Crippen molar-refractivity contribution in [2.75, 3.05) is 19.8 Å². The Kier molecular flexibility index (Phi) is 8.49. The summed E-state index contributed by atoms with van der Waals surface area (Å²) in [5.74, 6) is -1.23. The Morgan fingerprint density at radius 1 is 1.14 bits per heavy atom. The van der Waals surface area contributed by atoms with Crippen LogP contribution in [0.3, 0.4) is 0 Å². The predicted octanol–water partition coefficient (Wildman–Crippen LogP) is 1.91. The van der Waals surface area contributed by atoms with Gasteiger partial charge in [0, 0.05) is 16.5 Å². The molecule has 1 N–H and O–H groups in total. The van der Waals surface area contributed by atoms with Gasteiger partial charge in [-0.1, -0.05) is 0 Å². The molecule has 0 radical (unpaired) electrons. The van der Waals surface area contributed by atoms with Crippen molar-refractivity contribution in [3.8, 4) is 0 Å². The van der Waals surface area contributed by atoms with Gasteiger partial charge in [0.2, 0.25) is 0 Å². The molecule has 120 valence electrons. The smallest absolute Gasteiger partial charge is 0.338 e. The minimum atomic E-state index is -0.543. The van der Waals surface area contributed by atoms with Crippen LogP contribution in [0.25, 0.3) is 0 Å². The first-order chi connectivity index (χ1) is 10.5. The Bertz CT molecular complexity index is 515. The summed E-state index contributed by atoms with van der Waals surface area (Å²) in [5.41, 5.74) is 0.399. The molecule has 22 heavy (non-hydrogen) atoms. The molecule has 0 bridgehead atoms. The molecule has 0 saturated carbocycles. The maximum Gasteiger partial charge on any atom is 0.338 e. The number of ether oxygens (including phenoxy) is 2. The lowest BCUT2D eigenvalue weighted by Gasteiger charge is -2.06. The van der Waals surface area contributed by atoms with Gasteiger partial charge in [0.15, 0.2) is 6.61 Å². The molecule has 1 aromatic rings. The number of amides is 1. The first-order valence-electron chi connectivity index (χ1n) is 6.88. The topological polar surface area (TPSA) is 81.7 Å². The number of hydrogen-bond donors (Lipinski definition) is 1. The van der Waals surface area contributed by atoms with E-state index in [-0.39, 0.29) is 19.0 Å². The van der Waals surface area contributed by atoms with E-state index in [1.807, 2.05) is 0 Å². The number of rotatable bonds is 8. The number of halogens is 1. The number of benzene rings is 1. The molecule has 0 aliphatic heterocycles. The van der Waals surface area contributed by atoms with Crippen LogP contribution >= 0.6 is 22.6 Å². The van der Waals surface area contributed by atoms with Gasteiger partial charge in [-0.2, -0.15) is 0 Å². The molecule has 1 aromatic carbocycles. The largest absolute Gasteiger partial charge is 0.466 e. The van der Waals surface area contributed by atoms with Crippen LogP contribution in [0.2, 0.25) is 0 Å². The van der Waals surface area contributed by atoms with Crippen LogP contribution in [0, 0.1) is 3.57 Å². The molecule has 0 atom stereocenters. The van der Waals surface area contributed by atoms with Crippen LogP contribution in [-0.2, 0) is 19.1 Å². The van der Waals surface area contributed by atoms with E-state index in [1.54, 1.807) is 31.2 Å². The fourth-order valence-electron chi connectivity index (χ4n) is 1.55. The highest BCUT2D eigenvalue weighted by molar-refractivity contribution is 14.1. The second-order valence-corrected chi connectivity index (χ2v) is 5.59. The van der Waals surface area contributed by atoms with Crippen LogP contribution < -0.4 is 5.32 Å². The van der Waals surface area contributed by atoms with E-state index < -0.39 is 11.9 Å². The summed E-state index contributed by atoms with van der Waals surface area (Å²) in [4.78, 5) is 34.3. The molecule has 6 nitrogen and oxygen atoms in total. The van der Waals surface area contributed by atoms with Gasteiger partial charge in [0.05, 0.1) is 12.2 Å². The highest BCUT2D eigenvalue weighted by Crippen LogP contribution is 2.07. The van der Waals surface area contributed by atoms with Crippen molar-refractivity contribution in [2.45, 2.75) is 19.8 Å². The molecule has 0 heterocycles. The standard InChI is InChI=1S/C15H18INO5/c1-2-21-14(19)4-3-9-17-13(18)10-22-15(20)11-5-7-12(16)8-6-11/h5-8H,2-4,9-10H2,1H3,(H,17,18). The number of hydrogen-bond acceptors (Lipinski definition) is 5. The van der Waals surface area contributed by atoms with Crippen LogP contribution in [0.15, 0.2) is 24.3 Å². The summed E-state index contributed by atoms with van der Waals surface area (Å²) < 4.78 is 10.7. The van der Waals surface area contributed by atoms with Gasteiger partial charge in [-0.05, 0) is 60.2 Å². The van der Waals surface area contributed by atoms with Gasteiger partial charge in [-0.15, -0.1) is 0 Å². The molecule has 1 rings (SSSR count). The fraction of sp³-hybridized carbons (Fsp3) is 0.400. The molecule has 0 unspecified atom stereocenters. The lowest BCUT2D eigenvalue weighted by Crippen LogP contribution is -2.30. The summed E-state index contributed by atoms with van der Waals surface area (Å²) >= 11 is 2.13. The summed E-state index contributed by atoms with van der Waals surface area (Å²) in [5, 5.41) is 2.57. The molecule has 0 aliphatic rings. The Balaban J connectivity index is 2.19. The normalized spacial score (nSPS) is 9.91. The highest BCUT2D eigenvalue weighted by Gasteiger charge is 2.10. The minimum absolute atomic E-state index is 0.247. The van der Waals surface area contributed by atoms with E-state index in [0.717, 1.165) is 3.57 Å². The molecule has 0 fully saturated rings. The quantitative estimate of drug-likeness (QED) is 0.396. The van der Waals surface area contributed by atoms with Crippen molar-refractivity contribution >= 4 is 40.4 Å². The molecule has 0 saturated heterocycles. The molecular weight excluding hydrogens is 401 g/mol. The Morgan fingerprint density at radius 3 is 2.45 bits per heavy atom. The van der Waals surface area contributed by atoms with Crippen molar-refractivity contribution in [1.29, 1.82) is 0 Å². The van der Waals surface area contributed by atoms with E-state index in [1.165, 1.54) is 0 Å². The maximum absolute atomic E-state index is 11.7. The number of carbonyl (C=O) groups is 3. The lowest BCUT2D eigenvalue weighted by molar-refractivity contribution is -0.143. The maximum atomic E-state index is 11.7. The van der Waals surface area contributed by atoms with Crippen molar-refractivity contribution < 1.29 is 23.9 Å². The molecule has 0 aliphatic carbocycles. The molecule has 1 amide bonds. The summed E-state index contributed by atoms with van der Waals surface area (Å²) in [6.07, 6.45) is 0.728. The summed E-state index contributed by atoms with van der Waals surface area (Å²) in [6, 6.07) is 6.85. The SMILES string of the molecule is CCOC(=O)CCCNC(=O)COC(=O)c1ccc(I)cc1. The number of esters is 2. The van der Waals surface area contributed by atoms with Crippen molar-refractivity contribution in [2.24, 2.45) is 0 Å². The van der Waals surface area contributed by atoms with Crippen LogP contribution in [-0.4, -0.2) is 37.6 Å². The van der Waals surface area contributed by atoms with E-state index in [9.17, 15) is 14.4 Å². The van der Waals surface area contributed by atoms with Crippen molar-refractivity contribution in [3.63, 3.8) is 0 Å². The number of nitrogens with one attached hydrogen (secondary N) is 1. The number of carbonyl (C=O) groups excluding carboxylic acids is 3. The third-order valence-electron chi connectivity index (χ3n) is 2.60. The summed E-state index contributed by atoms with van der Waals surface area (Å²) in [7, 11) is 0. The second-order valence-electron chi connectivity index (χ2n) is 4.34. The monoisotopic (exact) mass is 419 g/mol. The van der Waals surface area contributed by atoms with Gasteiger partial charge in [-0.25, -0.2) is 4.79 Å². The first-order valence-corrected chi connectivity index (χ1v) is 7.95. The molecule has 0 aromatic heterocycles. The van der Waals surface area contributed by atoms with E-state index in [2.05, 4.69) is 27.9 Å². The van der Waals surface area contributed by atoms with Crippen LogP contribution in [0.5, 0.6) is 0 Å². The van der Waals surface area contributed by atoms with Gasteiger partial charge in [0.1, 0.15) is 0 Å². The van der Waals surface area contributed by atoms with Gasteiger partial charge < -0.3 is 14.8 Å². The highest BCUT2D eigenvalue weighted by atomic mass is 127. The zero-order chi connectivity index (χ0) is 16.4. The molecule has 0 spiro atoms. The molecule has 7 heteroatoms. The first kappa shape index (κ1) is 18.4. The van der Waals surface area contributed by atoms with Crippen LogP contribution in [0.4, 0.5) is 0 Å². The average Bonchev–Trinajstić information content (AvgIpc) is 2.50. The Hall–Kier alpha value is -1.64. The lowest BCUT2D eigenvalue weighted by atomic mass is 10.2.